The van der Waals surface area contributed by atoms with Gasteiger partial charge >= 0.3 is 0 Å². The van der Waals surface area contributed by atoms with Crippen LogP contribution < -0.4 is 0 Å². The summed E-state index contributed by atoms with van der Waals surface area (Å²) >= 11 is 0. The summed E-state index contributed by atoms with van der Waals surface area (Å²) in [6.07, 6.45) is 5.70. The second-order valence-corrected chi connectivity index (χ2v) is 5.56. The average molecular weight is 322 g/mol. The molecule has 5 heteroatoms. The van der Waals surface area contributed by atoms with E-state index in [4.69, 9.17) is 5.11 Å². The molecule has 120 valence electrons. The topological polar surface area (TPSA) is 71.4 Å². The molecule has 22 heavy (non-hydrogen) atoms. The van der Waals surface area contributed by atoms with Crippen molar-refractivity contribution in [2.75, 3.05) is 7.11 Å². The molecule has 1 aliphatic heterocycles. The van der Waals surface area contributed by atoms with Crippen LogP contribution in [-0.2, 0) is 15.6 Å². The number of aliphatic hydroxyl groups is 1. The summed E-state index contributed by atoms with van der Waals surface area (Å²) in [5, 5.41) is 5.96. The second kappa shape index (κ2) is 9.97. The van der Waals surface area contributed by atoms with Crippen molar-refractivity contribution in [3.8, 4) is 0 Å². The summed E-state index contributed by atoms with van der Waals surface area (Å²) in [5.74, 6) is -0.355. The van der Waals surface area contributed by atoms with Gasteiger partial charge in [0.15, 0.2) is 11.0 Å². The second-order valence-electron chi connectivity index (χ2n) is 4.02. The van der Waals surface area contributed by atoms with Gasteiger partial charge in [0.2, 0.25) is 0 Å². The van der Waals surface area contributed by atoms with Crippen molar-refractivity contribution < 1.29 is 18.9 Å². The number of benzene rings is 1. The van der Waals surface area contributed by atoms with Gasteiger partial charge in [0, 0.05) is 12.7 Å². The van der Waals surface area contributed by atoms with Crippen LogP contribution >= 0.6 is 0 Å². The highest BCUT2D eigenvalue weighted by molar-refractivity contribution is 7.88. The quantitative estimate of drug-likeness (QED) is 0.527. The number of aryl methyl sites for hydroxylation is 1. The van der Waals surface area contributed by atoms with Crippen LogP contribution in [-0.4, -0.2) is 33.7 Å². The van der Waals surface area contributed by atoms with Crippen LogP contribution in [0.4, 0.5) is 0 Å². The van der Waals surface area contributed by atoms with Gasteiger partial charge in [0.1, 0.15) is 6.29 Å². The molecule has 2 unspecified atom stereocenters. The molecule has 1 heterocycles. The van der Waals surface area contributed by atoms with Crippen LogP contribution in [0, 0.1) is 6.92 Å². The Labute approximate surface area is 134 Å². The van der Waals surface area contributed by atoms with Gasteiger partial charge in [-0.2, -0.15) is 0 Å². The van der Waals surface area contributed by atoms with Crippen molar-refractivity contribution in [2.45, 2.75) is 30.9 Å². The van der Waals surface area contributed by atoms with E-state index < -0.39 is 16.0 Å². The molecule has 0 saturated heterocycles. The minimum Gasteiger partial charge on any atom is -0.400 e. The van der Waals surface area contributed by atoms with E-state index in [0.29, 0.717) is 16.7 Å². The van der Waals surface area contributed by atoms with E-state index in [9.17, 15) is 13.8 Å². The lowest BCUT2D eigenvalue weighted by molar-refractivity contribution is -0.106. The first-order chi connectivity index (χ1) is 10.6. The van der Waals surface area contributed by atoms with Crippen LogP contribution in [0.5, 0.6) is 0 Å². The Hall–Kier alpha value is -1.85. The van der Waals surface area contributed by atoms with Crippen molar-refractivity contribution in [1.29, 1.82) is 0 Å². The van der Waals surface area contributed by atoms with Gasteiger partial charge in [0.25, 0.3) is 0 Å². The molecule has 0 radical (unpaired) electrons. The van der Waals surface area contributed by atoms with E-state index >= 15 is 0 Å². The van der Waals surface area contributed by atoms with Crippen LogP contribution in [0.25, 0.3) is 6.08 Å². The monoisotopic (exact) mass is 322 g/mol. The van der Waals surface area contributed by atoms with E-state index in [1.807, 2.05) is 26.8 Å². The highest BCUT2D eigenvalue weighted by Crippen LogP contribution is 2.30. The fraction of sp³-hybridized carbons (Fsp3) is 0.294. The lowest BCUT2D eigenvalue weighted by Crippen LogP contribution is -2.19. The molecule has 0 aromatic heterocycles. The molecule has 0 spiro atoms. The molecule has 1 aliphatic rings. The number of aliphatic hydroxyl groups excluding tert-OH is 1. The molecular formula is C17H22O4S. The average Bonchev–Trinajstić information content (AvgIpc) is 2.79. The van der Waals surface area contributed by atoms with Gasteiger partial charge in [0.05, 0.1) is 15.7 Å². The van der Waals surface area contributed by atoms with Crippen LogP contribution in [0.15, 0.2) is 35.8 Å². The Morgan fingerprint density at radius 1 is 1.27 bits per heavy atom. The van der Waals surface area contributed by atoms with Crippen molar-refractivity contribution in [2.24, 2.45) is 0 Å². The summed E-state index contributed by atoms with van der Waals surface area (Å²) in [7, 11) is -0.552. The van der Waals surface area contributed by atoms with E-state index in [1.54, 1.807) is 24.3 Å². The number of hydrogen-bond donors (Lipinski definition) is 1. The third-order valence-corrected chi connectivity index (χ3v) is 4.43. The predicted molar refractivity (Wildman–Crippen MR) is 90.5 cm³/mol. The number of hydrogen-bond acceptors (Lipinski definition) is 4. The molecule has 0 amide bonds. The standard InChI is InChI=1S/C14H12O3S.C2H6.CH4O/c1-3-4-5-10-7-11-12(6-9(10)2)18(17)13(8-15)14(11)16;2*1-2/h3-8,13H,1H2,2H3;1-2H3;2H,1H3/b5-4-;;. The predicted octanol–water partition coefficient (Wildman–Crippen LogP) is 2.70. The third kappa shape index (κ3) is 4.08. The summed E-state index contributed by atoms with van der Waals surface area (Å²) in [5.41, 5.74) is 2.17. The van der Waals surface area contributed by atoms with Gasteiger partial charge in [-0.25, -0.2) is 0 Å². The first-order valence-electron chi connectivity index (χ1n) is 6.88. The fourth-order valence-corrected chi connectivity index (χ4v) is 3.27. The molecule has 2 atom stereocenters. The number of fused-ring (bicyclic) bond motifs is 1. The van der Waals surface area contributed by atoms with E-state index in [-0.39, 0.29) is 5.78 Å². The fourth-order valence-electron chi connectivity index (χ4n) is 1.91. The molecule has 4 nitrogen and oxygen atoms in total. The molecule has 2 rings (SSSR count). The number of rotatable bonds is 3. The lowest BCUT2D eigenvalue weighted by atomic mass is 10.0. The Morgan fingerprint density at radius 2 is 1.86 bits per heavy atom. The summed E-state index contributed by atoms with van der Waals surface area (Å²) in [4.78, 5) is 23.2. The molecule has 1 aromatic rings. The minimum atomic E-state index is -1.55. The first-order valence-corrected chi connectivity index (χ1v) is 8.10. The van der Waals surface area contributed by atoms with Crippen molar-refractivity contribution >= 4 is 28.9 Å². The first kappa shape index (κ1) is 20.1. The van der Waals surface area contributed by atoms with E-state index in [2.05, 4.69) is 6.58 Å². The van der Waals surface area contributed by atoms with Gasteiger partial charge in [-0.05, 0) is 30.2 Å². The largest absolute Gasteiger partial charge is 0.400 e. The van der Waals surface area contributed by atoms with Gasteiger partial charge in [-0.3, -0.25) is 9.00 Å². The number of aldehydes is 1. The summed E-state index contributed by atoms with van der Waals surface area (Å²) in [6, 6.07) is 3.41. The molecule has 0 aliphatic carbocycles. The highest BCUT2D eigenvalue weighted by atomic mass is 32.2. The molecule has 0 saturated carbocycles. The van der Waals surface area contributed by atoms with Crippen molar-refractivity contribution in [3.63, 3.8) is 0 Å². The number of allylic oxidation sites excluding steroid dienone is 2. The Bertz CT molecular complexity index is 603. The van der Waals surface area contributed by atoms with Crippen molar-refractivity contribution in [3.05, 3.63) is 47.6 Å². The smallest absolute Gasteiger partial charge is 0.187 e. The number of ketones is 1. The van der Waals surface area contributed by atoms with Crippen LogP contribution in [0.1, 0.15) is 35.3 Å². The van der Waals surface area contributed by atoms with E-state index in [1.165, 1.54) is 0 Å². The Morgan fingerprint density at radius 3 is 2.36 bits per heavy atom. The van der Waals surface area contributed by atoms with Crippen LogP contribution in [0.2, 0.25) is 0 Å². The SMILES string of the molecule is C=C/C=C\c1cc2c(cc1C)S(=O)C(C=O)C2=O.CC.CO. The molecule has 1 N–H and O–H groups in total. The third-order valence-electron chi connectivity index (χ3n) is 2.87. The maximum Gasteiger partial charge on any atom is 0.187 e. The molecule has 0 fully saturated rings. The molecule has 1 aromatic carbocycles. The van der Waals surface area contributed by atoms with Gasteiger partial charge in [-0.15, -0.1) is 0 Å². The van der Waals surface area contributed by atoms with Crippen molar-refractivity contribution in [1.82, 2.24) is 0 Å². The lowest BCUT2D eigenvalue weighted by Gasteiger charge is -2.03. The zero-order valence-corrected chi connectivity index (χ0v) is 14.1. The Kier molecular flexibility index (Phi) is 9.13. The zero-order valence-electron chi connectivity index (χ0n) is 13.3. The molecule has 0 bridgehead atoms. The number of carbonyl (C=O) groups is 2. The zero-order chi connectivity index (χ0) is 17.3. The normalized spacial score (nSPS) is 18.7. The van der Waals surface area contributed by atoms with Gasteiger partial charge < -0.3 is 9.90 Å². The summed E-state index contributed by atoms with van der Waals surface area (Å²) in [6.45, 7) is 9.46. The maximum absolute atomic E-state index is 11.9. The minimum absolute atomic E-state index is 0.355. The van der Waals surface area contributed by atoms with Gasteiger partial charge in [-0.1, -0.05) is 38.7 Å². The highest BCUT2D eigenvalue weighted by Gasteiger charge is 2.37. The van der Waals surface area contributed by atoms with Crippen LogP contribution in [0.3, 0.4) is 0 Å². The number of Topliss-reactive ketones (excluding diaryl/α,β-unsaturated/α-hetero) is 1. The maximum atomic E-state index is 11.9. The molecular weight excluding hydrogens is 300 g/mol. The Balaban J connectivity index is 0.00000102. The summed E-state index contributed by atoms with van der Waals surface area (Å²) < 4.78 is 11.9. The number of carbonyl (C=O) groups excluding carboxylic acids is 2. The van der Waals surface area contributed by atoms with E-state index in [0.717, 1.165) is 18.2 Å².